The highest BCUT2D eigenvalue weighted by Gasteiger charge is 2.20. The number of ether oxygens (including phenoxy) is 1. The van der Waals surface area contributed by atoms with E-state index in [0.29, 0.717) is 18.7 Å². The van der Waals surface area contributed by atoms with Gasteiger partial charge in [-0.1, -0.05) is 12.1 Å². The van der Waals surface area contributed by atoms with Gasteiger partial charge < -0.3 is 20.6 Å². The van der Waals surface area contributed by atoms with Crippen LogP contribution in [0, 0.1) is 5.82 Å². The predicted molar refractivity (Wildman–Crippen MR) is 72.6 cm³/mol. The van der Waals surface area contributed by atoms with Gasteiger partial charge in [-0.15, -0.1) is 0 Å². The molecule has 0 saturated carbocycles. The second-order valence-electron chi connectivity index (χ2n) is 4.16. The molecule has 0 radical (unpaired) electrons. The maximum Gasteiger partial charge on any atom is 0.257 e. The van der Waals surface area contributed by atoms with E-state index in [1.807, 2.05) is 6.92 Å². The lowest BCUT2D eigenvalue weighted by Gasteiger charge is -2.21. The number of hydrogen-bond donors (Lipinski definition) is 2. The van der Waals surface area contributed by atoms with Crippen molar-refractivity contribution in [3.8, 4) is 5.75 Å². The number of oxime groups is 1. The Balaban J connectivity index is 2.99. The Morgan fingerprint density at radius 3 is 2.75 bits per heavy atom. The monoisotopic (exact) mass is 283 g/mol. The second-order valence-corrected chi connectivity index (χ2v) is 4.16. The van der Waals surface area contributed by atoms with Crippen molar-refractivity contribution in [1.29, 1.82) is 0 Å². The molecule has 7 heteroatoms. The summed E-state index contributed by atoms with van der Waals surface area (Å²) < 4.78 is 18.8. The van der Waals surface area contributed by atoms with E-state index < -0.39 is 11.7 Å². The number of nitrogens with two attached hydrogens (primary N) is 1. The SMILES string of the molecule is CCCN(C/C(N)=N/O)C(=O)c1ccc(OC)cc1F. The summed E-state index contributed by atoms with van der Waals surface area (Å²) in [5.41, 5.74) is 5.32. The molecule has 0 spiro atoms. The minimum absolute atomic E-state index is 0.0609. The summed E-state index contributed by atoms with van der Waals surface area (Å²) in [5.74, 6) is -0.966. The molecule has 3 N–H and O–H groups in total. The third-order valence-electron chi connectivity index (χ3n) is 2.67. The van der Waals surface area contributed by atoms with E-state index in [1.54, 1.807) is 0 Å². The van der Waals surface area contributed by atoms with Crippen molar-refractivity contribution in [2.75, 3.05) is 20.2 Å². The van der Waals surface area contributed by atoms with Gasteiger partial charge >= 0.3 is 0 Å². The van der Waals surface area contributed by atoms with Gasteiger partial charge in [-0.3, -0.25) is 4.79 Å². The summed E-state index contributed by atoms with van der Waals surface area (Å²) in [4.78, 5) is 13.6. The Hall–Kier alpha value is -2.31. The average molecular weight is 283 g/mol. The van der Waals surface area contributed by atoms with E-state index >= 15 is 0 Å². The summed E-state index contributed by atoms with van der Waals surface area (Å²) in [6.45, 7) is 2.19. The Kier molecular flexibility index (Phi) is 5.76. The standard InChI is InChI=1S/C13H18FN3O3/c1-3-6-17(8-12(15)16-19)13(18)10-5-4-9(20-2)7-11(10)14/h4-5,7,19H,3,6,8H2,1-2H3,(H2,15,16). The number of nitrogens with zero attached hydrogens (tertiary/aromatic N) is 2. The smallest absolute Gasteiger partial charge is 0.257 e. The molecular weight excluding hydrogens is 265 g/mol. The van der Waals surface area contributed by atoms with Crippen LogP contribution in [0.15, 0.2) is 23.4 Å². The zero-order chi connectivity index (χ0) is 15.1. The number of carbonyl (C=O) groups excluding carboxylic acids is 1. The normalized spacial score (nSPS) is 11.2. The number of rotatable bonds is 6. The molecule has 0 saturated heterocycles. The van der Waals surface area contributed by atoms with Gasteiger partial charge in [0.1, 0.15) is 11.6 Å². The largest absolute Gasteiger partial charge is 0.497 e. The molecule has 0 heterocycles. The van der Waals surface area contributed by atoms with Crippen LogP contribution in [0.2, 0.25) is 0 Å². The van der Waals surface area contributed by atoms with Crippen molar-refractivity contribution >= 4 is 11.7 Å². The van der Waals surface area contributed by atoms with Gasteiger partial charge in [-0.2, -0.15) is 0 Å². The third-order valence-corrected chi connectivity index (χ3v) is 2.67. The van der Waals surface area contributed by atoms with Gasteiger partial charge in [-0.25, -0.2) is 4.39 Å². The second kappa shape index (κ2) is 7.32. The Bertz CT molecular complexity index is 506. The van der Waals surface area contributed by atoms with E-state index in [0.717, 1.165) is 6.07 Å². The molecule has 1 aromatic carbocycles. The molecule has 0 aromatic heterocycles. The number of methoxy groups -OCH3 is 1. The van der Waals surface area contributed by atoms with Crippen LogP contribution >= 0.6 is 0 Å². The molecular formula is C13H18FN3O3. The first kappa shape index (κ1) is 15.7. The third kappa shape index (κ3) is 3.84. The van der Waals surface area contributed by atoms with Crippen LogP contribution in [0.4, 0.5) is 4.39 Å². The summed E-state index contributed by atoms with van der Waals surface area (Å²) in [5, 5.41) is 11.4. The Labute approximate surface area is 116 Å². The van der Waals surface area contributed by atoms with Crippen LogP contribution in [-0.2, 0) is 0 Å². The highest BCUT2D eigenvalue weighted by atomic mass is 19.1. The predicted octanol–water partition coefficient (Wildman–Crippen LogP) is 1.43. The molecule has 0 unspecified atom stereocenters. The van der Waals surface area contributed by atoms with Crippen molar-refractivity contribution < 1.29 is 19.1 Å². The lowest BCUT2D eigenvalue weighted by molar-refractivity contribution is 0.0773. The molecule has 0 fully saturated rings. The van der Waals surface area contributed by atoms with Crippen molar-refractivity contribution in [2.24, 2.45) is 10.9 Å². The van der Waals surface area contributed by atoms with Crippen LogP contribution in [0.25, 0.3) is 0 Å². The van der Waals surface area contributed by atoms with Crippen LogP contribution in [0.5, 0.6) is 5.75 Å². The number of benzene rings is 1. The van der Waals surface area contributed by atoms with Gasteiger partial charge in [0.15, 0.2) is 5.84 Å². The van der Waals surface area contributed by atoms with Gasteiger partial charge in [-0.05, 0) is 18.6 Å². The number of halogens is 1. The fraction of sp³-hybridized carbons (Fsp3) is 0.385. The van der Waals surface area contributed by atoms with Gasteiger partial charge in [0.2, 0.25) is 0 Å². The Morgan fingerprint density at radius 2 is 2.25 bits per heavy atom. The van der Waals surface area contributed by atoms with Crippen molar-refractivity contribution in [2.45, 2.75) is 13.3 Å². The maximum atomic E-state index is 13.9. The van der Waals surface area contributed by atoms with Crippen LogP contribution in [0.3, 0.4) is 0 Å². The molecule has 0 aliphatic rings. The number of amidine groups is 1. The number of carbonyl (C=O) groups is 1. The minimum Gasteiger partial charge on any atom is -0.497 e. The molecule has 20 heavy (non-hydrogen) atoms. The topological polar surface area (TPSA) is 88.1 Å². The first-order valence-electron chi connectivity index (χ1n) is 6.12. The fourth-order valence-corrected chi connectivity index (χ4v) is 1.72. The molecule has 0 aliphatic carbocycles. The first-order chi connectivity index (χ1) is 9.53. The number of amides is 1. The van der Waals surface area contributed by atoms with E-state index in [9.17, 15) is 9.18 Å². The van der Waals surface area contributed by atoms with Gasteiger partial charge in [0.05, 0.1) is 19.2 Å². The molecule has 1 aromatic rings. The van der Waals surface area contributed by atoms with Crippen LogP contribution < -0.4 is 10.5 Å². The van der Waals surface area contributed by atoms with Gasteiger partial charge in [0, 0.05) is 12.6 Å². The number of hydrogen-bond acceptors (Lipinski definition) is 4. The quantitative estimate of drug-likeness (QED) is 0.358. The molecule has 0 bridgehead atoms. The van der Waals surface area contributed by atoms with Crippen molar-refractivity contribution in [1.82, 2.24) is 4.90 Å². The van der Waals surface area contributed by atoms with E-state index in [2.05, 4.69) is 5.16 Å². The Morgan fingerprint density at radius 1 is 1.55 bits per heavy atom. The zero-order valence-electron chi connectivity index (χ0n) is 11.5. The lowest BCUT2D eigenvalue weighted by Crippen LogP contribution is -2.39. The molecule has 110 valence electrons. The molecule has 1 rings (SSSR count). The van der Waals surface area contributed by atoms with Crippen molar-refractivity contribution in [3.63, 3.8) is 0 Å². The summed E-state index contributed by atoms with van der Waals surface area (Å²) in [6.07, 6.45) is 0.669. The average Bonchev–Trinajstić information content (AvgIpc) is 2.45. The fourth-order valence-electron chi connectivity index (χ4n) is 1.72. The van der Waals surface area contributed by atoms with Gasteiger partial charge in [0.25, 0.3) is 5.91 Å². The van der Waals surface area contributed by atoms with E-state index in [-0.39, 0.29) is 17.9 Å². The highest BCUT2D eigenvalue weighted by Crippen LogP contribution is 2.18. The highest BCUT2D eigenvalue weighted by molar-refractivity contribution is 5.97. The van der Waals surface area contributed by atoms with Crippen molar-refractivity contribution in [3.05, 3.63) is 29.6 Å². The molecule has 0 aliphatic heterocycles. The minimum atomic E-state index is -0.671. The first-order valence-corrected chi connectivity index (χ1v) is 6.12. The molecule has 6 nitrogen and oxygen atoms in total. The zero-order valence-corrected chi connectivity index (χ0v) is 11.5. The maximum absolute atomic E-state index is 13.9. The van der Waals surface area contributed by atoms with Crippen LogP contribution in [-0.4, -0.2) is 42.0 Å². The molecule has 0 atom stereocenters. The molecule has 1 amide bonds. The summed E-state index contributed by atoms with van der Waals surface area (Å²) in [7, 11) is 1.41. The van der Waals surface area contributed by atoms with E-state index in [1.165, 1.54) is 24.1 Å². The van der Waals surface area contributed by atoms with Crippen LogP contribution in [0.1, 0.15) is 23.7 Å². The summed E-state index contributed by atoms with van der Waals surface area (Å²) >= 11 is 0. The lowest BCUT2D eigenvalue weighted by atomic mass is 10.1. The summed E-state index contributed by atoms with van der Waals surface area (Å²) in [6, 6.07) is 4.00. The van der Waals surface area contributed by atoms with E-state index in [4.69, 9.17) is 15.7 Å².